The monoisotopic (exact) mass is 256 g/mol. The molecular weight excluding hydrogens is 240 g/mol. The maximum atomic E-state index is 11.6. The molecule has 1 rings (SSSR count). The first-order valence-corrected chi connectivity index (χ1v) is 6.16. The van der Waals surface area contributed by atoms with Crippen molar-refractivity contribution in [2.24, 2.45) is 0 Å². The summed E-state index contributed by atoms with van der Waals surface area (Å²) >= 11 is 1.64. The third kappa shape index (κ3) is 4.07. The van der Waals surface area contributed by atoms with Gasteiger partial charge in [-0.15, -0.1) is 11.3 Å². The Hall–Kier alpha value is -1.56. The highest BCUT2D eigenvalue weighted by atomic mass is 32.1. The maximum Gasteiger partial charge on any atom is 0.326 e. The van der Waals surface area contributed by atoms with E-state index in [0.29, 0.717) is 6.54 Å². The molecule has 0 fully saturated rings. The predicted octanol–water partition coefficient (Wildman–Crippen LogP) is 1.41. The summed E-state index contributed by atoms with van der Waals surface area (Å²) in [5.74, 6) is -1.01. The Labute approximate surface area is 104 Å². The van der Waals surface area contributed by atoms with Gasteiger partial charge >= 0.3 is 12.0 Å². The smallest absolute Gasteiger partial charge is 0.326 e. The first-order chi connectivity index (χ1) is 8.02. The molecule has 2 N–H and O–H groups in total. The number of nitrogens with one attached hydrogen (secondary N) is 1. The van der Waals surface area contributed by atoms with Gasteiger partial charge in [-0.2, -0.15) is 0 Å². The second-order valence-electron chi connectivity index (χ2n) is 3.69. The molecule has 94 valence electrons. The minimum atomic E-state index is -1.01. The minimum absolute atomic E-state index is 0.364. The molecule has 1 atom stereocenters. The zero-order valence-corrected chi connectivity index (χ0v) is 10.7. The highest BCUT2D eigenvalue weighted by molar-refractivity contribution is 7.09. The fraction of sp³-hybridized carbons (Fsp3) is 0.455. The number of hydrogen-bond donors (Lipinski definition) is 2. The van der Waals surface area contributed by atoms with Gasteiger partial charge in [-0.1, -0.05) is 6.07 Å². The molecule has 0 aromatic carbocycles. The van der Waals surface area contributed by atoms with Crippen LogP contribution >= 0.6 is 11.3 Å². The number of amides is 2. The Morgan fingerprint density at radius 1 is 1.59 bits per heavy atom. The van der Waals surface area contributed by atoms with E-state index < -0.39 is 12.0 Å². The van der Waals surface area contributed by atoms with Crippen molar-refractivity contribution in [3.8, 4) is 0 Å². The van der Waals surface area contributed by atoms with Crippen molar-refractivity contribution < 1.29 is 14.7 Å². The number of carboxylic acid groups (broad SMARTS) is 1. The summed E-state index contributed by atoms with van der Waals surface area (Å²) in [4.78, 5) is 24.6. The van der Waals surface area contributed by atoms with Crippen LogP contribution in [0.25, 0.3) is 0 Å². The second-order valence-corrected chi connectivity index (χ2v) is 4.72. The van der Waals surface area contributed by atoms with Crippen molar-refractivity contribution in [1.82, 2.24) is 10.2 Å². The van der Waals surface area contributed by atoms with Crippen LogP contribution in [-0.2, 0) is 11.2 Å². The van der Waals surface area contributed by atoms with Gasteiger partial charge in [0.2, 0.25) is 0 Å². The highest BCUT2D eigenvalue weighted by Crippen LogP contribution is 2.08. The average molecular weight is 256 g/mol. The fourth-order valence-electron chi connectivity index (χ4n) is 1.21. The van der Waals surface area contributed by atoms with E-state index in [2.05, 4.69) is 5.32 Å². The lowest BCUT2D eigenvalue weighted by molar-refractivity contribution is -0.141. The van der Waals surface area contributed by atoms with Crippen LogP contribution in [0.5, 0.6) is 0 Å². The molecule has 1 unspecified atom stereocenters. The van der Waals surface area contributed by atoms with Crippen LogP contribution in [0.1, 0.15) is 11.8 Å². The second kappa shape index (κ2) is 6.24. The van der Waals surface area contributed by atoms with Crippen molar-refractivity contribution in [1.29, 1.82) is 0 Å². The molecule has 0 aliphatic rings. The molecule has 0 bridgehead atoms. The van der Waals surface area contributed by atoms with E-state index in [9.17, 15) is 9.59 Å². The normalized spacial score (nSPS) is 11.9. The number of carbonyl (C=O) groups is 2. The van der Waals surface area contributed by atoms with Crippen molar-refractivity contribution in [3.05, 3.63) is 22.4 Å². The van der Waals surface area contributed by atoms with Gasteiger partial charge in [-0.3, -0.25) is 0 Å². The van der Waals surface area contributed by atoms with Crippen LogP contribution in [0.4, 0.5) is 4.79 Å². The van der Waals surface area contributed by atoms with Gasteiger partial charge in [0.15, 0.2) is 0 Å². The number of rotatable bonds is 5. The average Bonchev–Trinajstić information content (AvgIpc) is 2.79. The summed E-state index contributed by atoms with van der Waals surface area (Å²) in [7, 11) is 1.47. The maximum absolute atomic E-state index is 11.6. The summed E-state index contributed by atoms with van der Waals surface area (Å²) in [6.07, 6.45) is 0.763. The largest absolute Gasteiger partial charge is 0.480 e. The first kappa shape index (κ1) is 13.5. The highest BCUT2D eigenvalue weighted by Gasteiger charge is 2.20. The Morgan fingerprint density at radius 2 is 2.29 bits per heavy atom. The van der Waals surface area contributed by atoms with Crippen LogP contribution in [0, 0.1) is 0 Å². The lowest BCUT2D eigenvalue weighted by Crippen LogP contribution is -2.46. The molecule has 2 amide bonds. The molecule has 0 aliphatic heterocycles. The number of nitrogens with zero attached hydrogens (tertiary/aromatic N) is 1. The Morgan fingerprint density at radius 3 is 2.82 bits per heavy atom. The SMILES string of the molecule is CC(C(=O)O)N(C)C(=O)NCCc1cccs1. The van der Waals surface area contributed by atoms with E-state index in [4.69, 9.17) is 5.11 Å². The zero-order valence-electron chi connectivity index (χ0n) is 9.84. The number of aliphatic carboxylic acids is 1. The molecular formula is C11H16N2O3S. The van der Waals surface area contributed by atoms with Gasteiger partial charge in [0, 0.05) is 18.5 Å². The summed E-state index contributed by atoms with van der Waals surface area (Å²) in [5.41, 5.74) is 0. The molecule has 0 spiro atoms. The topological polar surface area (TPSA) is 69.6 Å². The molecule has 0 radical (unpaired) electrons. The molecule has 1 aromatic heterocycles. The van der Waals surface area contributed by atoms with Crippen LogP contribution in [-0.4, -0.2) is 41.6 Å². The molecule has 1 aromatic rings. The fourth-order valence-corrected chi connectivity index (χ4v) is 1.92. The first-order valence-electron chi connectivity index (χ1n) is 5.28. The van der Waals surface area contributed by atoms with Gasteiger partial charge in [0.1, 0.15) is 6.04 Å². The Bertz CT molecular complexity index is 378. The summed E-state index contributed by atoms with van der Waals surface area (Å²) in [6, 6.07) is 2.77. The lowest BCUT2D eigenvalue weighted by atomic mass is 10.3. The molecule has 0 saturated carbocycles. The number of carbonyl (C=O) groups excluding carboxylic acids is 1. The number of hydrogen-bond acceptors (Lipinski definition) is 3. The van der Waals surface area contributed by atoms with E-state index in [1.165, 1.54) is 23.7 Å². The van der Waals surface area contributed by atoms with Gasteiger partial charge in [0.05, 0.1) is 0 Å². The third-order valence-electron chi connectivity index (χ3n) is 2.49. The van der Waals surface area contributed by atoms with Crippen molar-refractivity contribution >= 4 is 23.3 Å². The Kier molecular flexibility index (Phi) is 4.96. The lowest BCUT2D eigenvalue weighted by Gasteiger charge is -2.21. The van der Waals surface area contributed by atoms with Crippen LogP contribution in [0.3, 0.4) is 0 Å². The minimum Gasteiger partial charge on any atom is -0.480 e. The third-order valence-corrected chi connectivity index (χ3v) is 3.42. The van der Waals surface area contributed by atoms with Crippen molar-refractivity contribution in [3.63, 3.8) is 0 Å². The molecule has 5 nitrogen and oxygen atoms in total. The van der Waals surface area contributed by atoms with Gasteiger partial charge in [-0.25, -0.2) is 9.59 Å². The van der Waals surface area contributed by atoms with Gasteiger partial charge in [-0.05, 0) is 24.8 Å². The molecule has 6 heteroatoms. The summed E-state index contributed by atoms with van der Waals surface area (Å²) in [5, 5.41) is 13.4. The quantitative estimate of drug-likeness (QED) is 0.836. The van der Waals surface area contributed by atoms with E-state index in [1.807, 2.05) is 17.5 Å². The number of thiophene rings is 1. The molecule has 17 heavy (non-hydrogen) atoms. The van der Waals surface area contributed by atoms with Gasteiger partial charge < -0.3 is 15.3 Å². The van der Waals surface area contributed by atoms with Gasteiger partial charge in [0.25, 0.3) is 0 Å². The van der Waals surface area contributed by atoms with Crippen molar-refractivity contribution in [2.45, 2.75) is 19.4 Å². The molecule has 1 heterocycles. The predicted molar refractivity (Wildman–Crippen MR) is 66.3 cm³/mol. The molecule has 0 saturated heterocycles. The number of likely N-dealkylation sites (N-methyl/N-ethyl adjacent to an activating group) is 1. The Balaban J connectivity index is 2.32. The van der Waals surface area contributed by atoms with Crippen LogP contribution in [0.2, 0.25) is 0 Å². The van der Waals surface area contributed by atoms with E-state index in [-0.39, 0.29) is 6.03 Å². The van der Waals surface area contributed by atoms with E-state index in [0.717, 1.165) is 6.42 Å². The number of urea groups is 1. The zero-order chi connectivity index (χ0) is 12.8. The molecule has 0 aliphatic carbocycles. The van der Waals surface area contributed by atoms with Crippen molar-refractivity contribution in [2.75, 3.05) is 13.6 Å². The summed E-state index contributed by atoms with van der Waals surface area (Å²) < 4.78 is 0. The van der Waals surface area contributed by atoms with Crippen LogP contribution < -0.4 is 5.32 Å². The van der Waals surface area contributed by atoms with E-state index in [1.54, 1.807) is 11.3 Å². The summed E-state index contributed by atoms with van der Waals surface area (Å²) in [6.45, 7) is 1.98. The van der Waals surface area contributed by atoms with Crippen LogP contribution in [0.15, 0.2) is 17.5 Å². The number of carboxylic acids is 1. The standard InChI is InChI=1S/C11H16N2O3S/c1-8(10(14)15)13(2)11(16)12-6-5-9-4-3-7-17-9/h3-4,7-8H,5-6H2,1-2H3,(H,12,16)(H,14,15). The van der Waals surface area contributed by atoms with E-state index >= 15 is 0 Å².